The first-order valence-corrected chi connectivity index (χ1v) is 2.59. The lowest BCUT2D eigenvalue weighted by molar-refractivity contribution is -0.102. The van der Waals surface area contributed by atoms with Gasteiger partial charge in [-0.05, 0) is 0 Å². The maximum atomic E-state index is 10.0. The lowest BCUT2D eigenvalue weighted by atomic mass is 10.7. The van der Waals surface area contributed by atoms with E-state index in [1.807, 2.05) is 0 Å². The van der Waals surface area contributed by atoms with E-state index < -0.39 is 0 Å². The molecule has 0 aliphatic rings. The van der Waals surface area contributed by atoms with Gasteiger partial charge in [-0.3, -0.25) is 4.79 Å². The molecule has 0 aromatic heterocycles. The normalized spacial score (nSPS) is 12.0. The van der Waals surface area contributed by atoms with Crippen LogP contribution in [0.15, 0.2) is 15.3 Å². The zero-order chi connectivity index (χ0) is 7.82. The first-order valence-electron chi connectivity index (χ1n) is 2.59. The second-order valence-corrected chi connectivity index (χ2v) is 1.25. The largest absolute Gasteiger partial charge is 0.294 e. The third-order valence-corrected chi connectivity index (χ3v) is 0.590. The third-order valence-electron chi connectivity index (χ3n) is 0.590. The fraction of sp³-hybridized carbons (Fsp3) is 0.500. The zero-order valence-corrected chi connectivity index (χ0v) is 5.83. The van der Waals surface area contributed by atoms with Gasteiger partial charge < -0.3 is 0 Å². The third kappa shape index (κ3) is 3.67. The molecule has 6 heteroatoms. The van der Waals surface area contributed by atoms with E-state index in [0.29, 0.717) is 6.29 Å². The summed E-state index contributed by atoms with van der Waals surface area (Å²) in [5.74, 6) is -0.00292. The molecule has 0 aromatic carbocycles. The van der Waals surface area contributed by atoms with Crippen molar-refractivity contribution in [3.8, 4) is 0 Å². The van der Waals surface area contributed by atoms with Gasteiger partial charge >= 0.3 is 0 Å². The quantitative estimate of drug-likeness (QED) is 0.180. The molecule has 0 aliphatic heterocycles. The van der Waals surface area contributed by atoms with Gasteiger partial charge in [-0.15, -0.1) is 10.2 Å². The van der Waals surface area contributed by atoms with Gasteiger partial charge in [-0.25, -0.2) is 11.0 Å². The first kappa shape index (κ1) is 8.70. The van der Waals surface area contributed by atoms with Gasteiger partial charge in [0.2, 0.25) is 5.84 Å². The summed E-state index contributed by atoms with van der Waals surface area (Å²) in [6.45, 7) is 0. The van der Waals surface area contributed by atoms with Crippen LogP contribution in [0.5, 0.6) is 0 Å². The van der Waals surface area contributed by atoms with Crippen molar-refractivity contribution in [3.05, 3.63) is 0 Å². The Bertz CT molecular complexity index is 152. The van der Waals surface area contributed by atoms with Gasteiger partial charge in [0.05, 0.1) is 0 Å². The maximum absolute atomic E-state index is 10.0. The van der Waals surface area contributed by atoms with Crippen LogP contribution >= 0.6 is 0 Å². The number of aldehydes is 1. The highest BCUT2D eigenvalue weighted by atomic mass is 16.1. The summed E-state index contributed by atoms with van der Waals surface area (Å²) in [7, 11) is 3.08. The highest BCUT2D eigenvalue weighted by molar-refractivity contribution is 6.27. The number of nitrogens with one attached hydrogen (secondary N) is 2. The molecule has 2 N–H and O–H groups in total. The molecule has 0 radical (unpaired) electrons. The molecule has 56 valence electrons. The number of hydrogen-bond acceptors (Lipinski definition) is 5. The fourth-order valence-corrected chi connectivity index (χ4v) is 0.288. The van der Waals surface area contributed by atoms with E-state index in [-0.39, 0.29) is 5.84 Å². The summed E-state index contributed by atoms with van der Waals surface area (Å²) in [4.78, 5) is 10.0. The van der Waals surface area contributed by atoms with E-state index in [1.165, 1.54) is 7.05 Å². The average Bonchev–Trinajstić information content (AvgIpc) is 1.98. The number of azo groups is 1. The Kier molecular flexibility index (Phi) is 5.07. The highest BCUT2D eigenvalue weighted by Gasteiger charge is 1.89. The number of hydrazone groups is 1. The number of hydrazine groups is 1. The Labute approximate surface area is 58.4 Å². The van der Waals surface area contributed by atoms with Crippen LogP contribution < -0.4 is 11.0 Å². The molecule has 0 rings (SSSR count). The van der Waals surface area contributed by atoms with Crippen molar-refractivity contribution in [1.29, 1.82) is 0 Å². The van der Waals surface area contributed by atoms with Crippen molar-refractivity contribution in [2.75, 3.05) is 14.1 Å². The average molecular weight is 143 g/mol. The number of carbonyl (C=O) groups excluding carboxylic acids is 1. The Morgan fingerprint density at radius 3 is 2.70 bits per heavy atom. The van der Waals surface area contributed by atoms with Gasteiger partial charge in [-0.2, -0.15) is 5.11 Å². The summed E-state index contributed by atoms with van der Waals surface area (Å²) in [6, 6.07) is 0. The highest BCUT2D eigenvalue weighted by Crippen LogP contribution is 1.73. The van der Waals surface area contributed by atoms with Crippen molar-refractivity contribution in [2.45, 2.75) is 0 Å². The van der Waals surface area contributed by atoms with E-state index in [0.717, 1.165) is 0 Å². The minimum absolute atomic E-state index is 0.00292. The van der Waals surface area contributed by atoms with Crippen LogP contribution in [0.3, 0.4) is 0 Å². The summed E-state index contributed by atoms with van der Waals surface area (Å²) < 4.78 is 0. The first-order chi connectivity index (χ1) is 4.85. The van der Waals surface area contributed by atoms with Crippen molar-refractivity contribution < 1.29 is 4.79 Å². The molecule has 0 amide bonds. The molecule has 0 aliphatic carbocycles. The predicted molar refractivity (Wildman–Crippen MR) is 36.5 cm³/mol. The van der Waals surface area contributed by atoms with Gasteiger partial charge in [0.1, 0.15) is 0 Å². The molecule has 0 saturated heterocycles. The van der Waals surface area contributed by atoms with Crippen LogP contribution in [0.4, 0.5) is 0 Å². The van der Waals surface area contributed by atoms with E-state index in [1.54, 1.807) is 7.05 Å². The SMILES string of the molecule is CN=NC(C=O)=NNNC. The van der Waals surface area contributed by atoms with Gasteiger partial charge in [-0.1, -0.05) is 0 Å². The molecular weight excluding hydrogens is 134 g/mol. The second-order valence-electron chi connectivity index (χ2n) is 1.25. The number of hydrogen-bond donors (Lipinski definition) is 2. The monoisotopic (exact) mass is 143 g/mol. The summed E-state index contributed by atoms with van der Waals surface area (Å²) in [5, 5.41) is 10.2. The van der Waals surface area contributed by atoms with Crippen LogP contribution in [-0.4, -0.2) is 26.2 Å². The van der Waals surface area contributed by atoms with Gasteiger partial charge in [0.15, 0.2) is 6.29 Å². The Balaban J connectivity index is 3.90. The minimum atomic E-state index is -0.00292. The summed E-state index contributed by atoms with van der Waals surface area (Å²) >= 11 is 0. The molecule has 6 nitrogen and oxygen atoms in total. The second kappa shape index (κ2) is 5.83. The summed E-state index contributed by atoms with van der Waals surface area (Å²) in [5.41, 5.74) is 4.83. The van der Waals surface area contributed by atoms with Crippen molar-refractivity contribution in [3.63, 3.8) is 0 Å². The lowest BCUT2D eigenvalue weighted by Crippen LogP contribution is -2.23. The number of rotatable bonds is 3. The topological polar surface area (TPSA) is 78.2 Å². The molecule has 0 spiro atoms. The predicted octanol–water partition coefficient (Wildman–Crippen LogP) is -0.695. The molecule has 0 saturated carbocycles. The molecule has 10 heavy (non-hydrogen) atoms. The maximum Gasteiger partial charge on any atom is 0.234 e. The Morgan fingerprint density at radius 2 is 2.30 bits per heavy atom. The van der Waals surface area contributed by atoms with Crippen molar-refractivity contribution in [2.24, 2.45) is 15.3 Å². The number of carbonyl (C=O) groups is 1. The lowest BCUT2D eigenvalue weighted by Gasteiger charge is -1.92. The van der Waals surface area contributed by atoms with Crippen LogP contribution in [0.25, 0.3) is 0 Å². The minimum Gasteiger partial charge on any atom is -0.294 e. The summed E-state index contributed by atoms with van der Waals surface area (Å²) in [6.07, 6.45) is 0.497. The molecular formula is C4H9N5O. The van der Waals surface area contributed by atoms with E-state index in [4.69, 9.17) is 0 Å². The molecule has 0 unspecified atom stereocenters. The van der Waals surface area contributed by atoms with Gasteiger partial charge in [0.25, 0.3) is 0 Å². The van der Waals surface area contributed by atoms with Crippen molar-refractivity contribution in [1.82, 2.24) is 11.0 Å². The van der Waals surface area contributed by atoms with Crippen molar-refractivity contribution >= 4 is 12.1 Å². The number of nitrogens with zero attached hydrogens (tertiary/aromatic N) is 3. The van der Waals surface area contributed by atoms with Crippen LogP contribution in [0.2, 0.25) is 0 Å². The standard InChI is InChI=1S/C4H9N5O/c1-5-7-4(3-10)8-9-6-2/h3,6,9H,1-2H3. The zero-order valence-electron chi connectivity index (χ0n) is 5.83. The van der Waals surface area contributed by atoms with Crippen LogP contribution in [-0.2, 0) is 4.79 Å². The van der Waals surface area contributed by atoms with E-state index in [2.05, 4.69) is 26.3 Å². The van der Waals surface area contributed by atoms with E-state index in [9.17, 15) is 4.79 Å². The van der Waals surface area contributed by atoms with Gasteiger partial charge in [0, 0.05) is 14.1 Å². The molecule has 0 atom stereocenters. The molecule has 0 aromatic rings. The van der Waals surface area contributed by atoms with E-state index >= 15 is 0 Å². The number of amidine groups is 1. The Morgan fingerprint density at radius 1 is 1.60 bits per heavy atom. The molecule has 0 bridgehead atoms. The van der Waals surface area contributed by atoms with Crippen LogP contribution in [0, 0.1) is 0 Å². The Hall–Kier alpha value is -1.30. The smallest absolute Gasteiger partial charge is 0.234 e. The molecule has 0 heterocycles. The fourth-order valence-electron chi connectivity index (χ4n) is 0.288. The van der Waals surface area contributed by atoms with Crippen LogP contribution in [0.1, 0.15) is 0 Å². The molecule has 0 fully saturated rings.